The fraction of sp³-hybridized carbons (Fsp3) is 0.300. The van der Waals surface area contributed by atoms with Gasteiger partial charge in [-0.25, -0.2) is 9.59 Å². The van der Waals surface area contributed by atoms with E-state index in [4.69, 9.17) is 16.7 Å². The first kappa shape index (κ1) is 14.0. The van der Waals surface area contributed by atoms with Crippen LogP contribution in [0, 0.1) is 0 Å². The van der Waals surface area contributed by atoms with Gasteiger partial charge in [0.25, 0.3) is 0 Å². The van der Waals surface area contributed by atoms with Crippen molar-refractivity contribution < 1.29 is 14.7 Å². The third-order valence-corrected chi connectivity index (χ3v) is 2.15. The lowest BCUT2D eigenvalue weighted by atomic mass is 10.1. The van der Waals surface area contributed by atoms with Gasteiger partial charge in [-0.05, 0) is 0 Å². The molecule has 8 heteroatoms. The Labute approximate surface area is 108 Å². The summed E-state index contributed by atoms with van der Waals surface area (Å²) in [6, 6.07) is -1.81. The zero-order valence-corrected chi connectivity index (χ0v) is 10.4. The Hall–Kier alpha value is -2.02. The number of urea groups is 1. The highest BCUT2D eigenvalue weighted by Gasteiger charge is 2.23. The molecule has 0 aliphatic rings. The molecule has 0 bridgehead atoms. The molecular weight excluding hydrogens is 260 g/mol. The van der Waals surface area contributed by atoms with Crippen LogP contribution in [0.5, 0.6) is 0 Å². The number of nitrogens with one attached hydrogen (secondary N) is 2. The first-order chi connectivity index (χ1) is 8.40. The van der Waals surface area contributed by atoms with Crippen molar-refractivity contribution in [3.05, 3.63) is 29.6 Å². The molecule has 0 aromatic carbocycles. The number of halogens is 1. The van der Waals surface area contributed by atoms with Crippen molar-refractivity contribution in [1.82, 2.24) is 20.4 Å². The molecule has 1 heterocycles. The third-order valence-electron chi connectivity index (χ3n) is 2.02. The maximum Gasteiger partial charge on any atom is 0.331 e. The zero-order chi connectivity index (χ0) is 13.7. The third kappa shape index (κ3) is 4.10. The number of nitrogens with zero attached hydrogens (tertiary/aromatic N) is 2. The Morgan fingerprint density at radius 2 is 2.33 bits per heavy atom. The highest BCUT2D eigenvalue weighted by Crippen LogP contribution is 2.11. The Morgan fingerprint density at radius 1 is 1.67 bits per heavy atom. The molecule has 2 amide bonds. The lowest BCUT2D eigenvalue weighted by Crippen LogP contribution is -2.41. The number of carbonyl (C=O) groups is 2. The van der Waals surface area contributed by atoms with Gasteiger partial charge in [-0.1, -0.05) is 18.2 Å². The van der Waals surface area contributed by atoms with Crippen LogP contribution < -0.4 is 10.6 Å². The van der Waals surface area contributed by atoms with E-state index >= 15 is 0 Å². The van der Waals surface area contributed by atoms with E-state index in [0.29, 0.717) is 5.56 Å². The van der Waals surface area contributed by atoms with Crippen molar-refractivity contribution >= 4 is 23.6 Å². The molecule has 7 nitrogen and oxygen atoms in total. The van der Waals surface area contributed by atoms with Crippen molar-refractivity contribution in [2.24, 2.45) is 7.05 Å². The maximum absolute atomic E-state index is 11.4. The van der Waals surface area contributed by atoms with Crippen LogP contribution in [0.1, 0.15) is 11.6 Å². The number of carboxylic acids is 1. The average Bonchev–Trinajstić information content (AvgIpc) is 2.69. The highest BCUT2D eigenvalue weighted by molar-refractivity contribution is 6.29. The zero-order valence-electron chi connectivity index (χ0n) is 9.68. The van der Waals surface area contributed by atoms with E-state index in [9.17, 15) is 9.59 Å². The summed E-state index contributed by atoms with van der Waals surface area (Å²) in [6.45, 7) is 3.46. The van der Waals surface area contributed by atoms with E-state index in [2.05, 4.69) is 22.3 Å². The smallest absolute Gasteiger partial charge is 0.331 e. The molecule has 3 N–H and O–H groups in total. The number of amides is 2. The van der Waals surface area contributed by atoms with E-state index in [1.807, 2.05) is 0 Å². The Morgan fingerprint density at radius 3 is 2.78 bits per heavy atom. The second kappa shape index (κ2) is 6.06. The van der Waals surface area contributed by atoms with E-state index in [-0.39, 0.29) is 11.6 Å². The van der Waals surface area contributed by atoms with Gasteiger partial charge in [0.05, 0.1) is 12.7 Å². The number of carbonyl (C=O) groups excluding carboxylic acids is 1. The van der Waals surface area contributed by atoms with Crippen molar-refractivity contribution in [1.29, 1.82) is 0 Å². The van der Waals surface area contributed by atoms with Gasteiger partial charge < -0.3 is 15.7 Å². The Bertz CT molecular complexity index is 471. The summed E-state index contributed by atoms with van der Waals surface area (Å²) in [7, 11) is 1.65. The van der Waals surface area contributed by atoms with Gasteiger partial charge in [0.2, 0.25) is 0 Å². The molecule has 0 aliphatic heterocycles. The van der Waals surface area contributed by atoms with Gasteiger partial charge in [-0.15, -0.1) is 0 Å². The van der Waals surface area contributed by atoms with Crippen molar-refractivity contribution in [3.8, 4) is 0 Å². The van der Waals surface area contributed by atoms with Crippen LogP contribution >= 0.6 is 11.6 Å². The van der Waals surface area contributed by atoms with Crippen LogP contribution in [0.4, 0.5) is 4.79 Å². The number of carboxylic acid groups (broad SMARTS) is 1. The lowest BCUT2D eigenvalue weighted by Gasteiger charge is -2.13. The monoisotopic (exact) mass is 272 g/mol. The summed E-state index contributed by atoms with van der Waals surface area (Å²) < 4.78 is 1.45. The summed E-state index contributed by atoms with van der Waals surface area (Å²) >= 11 is 5.47. The molecule has 1 rings (SSSR count). The highest BCUT2D eigenvalue weighted by atomic mass is 35.5. The molecule has 1 aromatic heterocycles. The second-order valence-electron chi connectivity index (χ2n) is 3.56. The molecule has 0 saturated heterocycles. The molecule has 0 radical (unpaired) electrons. The molecular formula is C10H13ClN4O3. The predicted octanol–water partition coefficient (Wildman–Crippen LogP) is 0.597. The van der Waals surface area contributed by atoms with E-state index in [1.165, 1.54) is 17.1 Å². The maximum atomic E-state index is 11.4. The summed E-state index contributed by atoms with van der Waals surface area (Å²) in [6.07, 6.45) is 2.89. The number of hydrogen-bond acceptors (Lipinski definition) is 3. The van der Waals surface area contributed by atoms with Crippen LogP contribution in [-0.2, 0) is 11.8 Å². The molecule has 0 saturated carbocycles. The minimum atomic E-state index is -1.18. The molecule has 98 valence electrons. The minimum Gasteiger partial charge on any atom is -0.479 e. The van der Waals surface area contributed by atoms with Gasteiger partial charge in [-0.3, -0.25) is 4.68 Å². The summed E-state index contributed by atoms with van der Waals surface area (Å²) in [5, 5.41) is 17.8. The van der Waals surface area contributed by atoms with Gasteiger partial charge >= 0.3 is 12.0 Å². The summed E-state index contributed by atoms with van der Waals surface area (Å²) in [5.41, 5.74) is 0.379. The molecule has 18 heavy (non-hydrogen) atoms. The van der Waals surface area contributed by atoms with Gasteiger partial charge in [-0.2, -0.15) is 5.10 Å². The number of aliphatic carboxylic acids is 1. The van der Waals surface area contributed by atoms with E-state index in [0.717, 1.165) is 0 Å². The van der Waals surface area contributed by atoms with Crippen molar-refractivity contribution in [2.45, 2.75) is 6.04 Å². The Kier molecular flexibility index (Phi) is 4.73. The first-order valence-electron chi connectivity index (χ1n) is 4.99. The molecule has 1 unspecified atom stereocenters. The quantitative estimate of drug-likeness (QED) is 0.731. The number of aromatic nitrogens is 2. The molecule has 1 aromatic rings. The topological polar surface area (TPSA) is 96.2 Å². The van der Waals surface area contributed by atoms with Gasteiger partial charge in [0.15, 0.2) is 6.04 Å². The van der Waals surface area contributed by atoms with Crippen molar-refractivity contribution in [2.75, 3.05) is 6.54 Å². The molecule has 0 aliphatic carbocycles. The van der Waals surface area contributed by atoms with E-state index < -0.39 is 18.0 Å². The molecule has 0 spiro atoms. The predicted molar refractivity (Wildman–Crippen MR) is 65.1 cm³/mol. The summed E-state index contributed by atoms with van der Waals surface area (Å²) in [5.74, 6) is -1.18. The van der Waals surface area contributed by atoms with Gasteiger partial charge in [0.1, 0.15) is 0 Å². The van der Waals surface area contributed by atoms with Crippen molar-refractivity contribution in [3.63, 3.8) is 0 Å². The Balaban J connectivity index is 2.67. The largest absolute Gasteiger partial charge is 0.479 e. The number of aryl methyl sites for hydroxylation is 1. The fourth-order valence-electron chi connectivity index (χ4n) is 1.24. The fourth-order valence-corrected chi connectivity index (χ4v) is 1.30. The van der Waals surface area contributed by atoms with Crippen LogP contribution in [0.2, 0.25) is 0 Å². The minimum absolute atomic E-state index is 0.0623. The van der Waals surface area contributed by atoms with Crippen LogP contribution in [0.3, 0.4) is 0 Å². The van der Waals surface area contributed by atoms with Gasteiger partial charge in [0, 0.05) is 23.8 Å². The van der Waals surface area contributed by atoms with Crippen LogP contribution in [-0.4, -0.2) is 33.4 Å². The summed E-state index contributed by atoms with van der Waals surface area (Å²) in [4.78, 5) is 22.5. The number of hydrogen-bond donors (Lipinski definition) is 3. The van der Waals surface area contributed by atoms with E-state index in [1.54, 1.807) is 7.05 Å². The lowest BCUT2D eigenvalue weighted by molar-refractivity contribution is -0.139. The SMILES string of the molecule is C=C(Cl)CNC(=O)NC(C(=O)O)c1cnn(C)c1. The number of rotatable bonds is 5. The second-order valence-corrected chi connectivity index (χ2v) is 4.10. The van der Waals surface area contributed by atoms with Crippen LogP contribution in [0.25, 0.3) is 0 Å². The normalized spacial score (nSPS) is 11.7. The average molecular weight is 273 g/mol. The van der Waals surface area contributed by atoms with Crippen LogP contribution in [0.15, 0.2) is 24.0 Å². The molecule has 0 fully saturated rings. The standard InChI is InChI=1S/C10H13ClN4O3/c1-6(11)3-12-10(18)14-8(9(16)17)7-4-13-15(2)5-7/h4-5,8H,1,3H2,2H3,(H,16,17)(H2,12,14,18). The molecule has 1 atom stereocenters. The first-order valence-corrected chi connectivity index (χ1v) is 5.37.